The van der Waals surface area contributed by atoms with Crippen molar-refractivity contribution >= 4 is 0 Å². The molecule has 1 aliphatic rings. The molecule has 0 saturated heterocycles. The summed E-state index contributed by atoms with van der Waals surface area (Å²) in [5, 5.41) is 9.53. The van der Waals surface area contributed by atoms with Crippen LogP contribution in [-0.4, -0.2) is 25.6 Å². The summed E-state index contributed by atoms with van der Waals surface area (Å²) < 4.78 is 16.1. The highest BCUT2D eigenvalue weighted by atomic mass is 16.7. The van der Waals surface area contributed by atoms with Gasteiger partial charge in [0.15, 0.2) is 6.79 Å². The second-order valence-electron chi connectivity index (χ2n) is 4.77. The minimum atomic E-state index is -0.388. The Morgan fingerprint density at radius 2 is 2.18 bits per heavy atom. The lowest BCUT2D eigenvalue weighted by Crippen LogP contribution is -2.27. The highest BCUT2D eigenvalue weighted by Crippen LogP contribution is 2.40. The molecule has 1 N–H and O–H groups in total. The van der Waals surface area contributed by atoms with E-state index in [0.29, 0.717) is 6.61 Å². The van der Waals surface area contributed by atoms with Gasteiger partial charge in [0.05, 0.1) is 20.3 Å². The lowest BCUT2D eigenvalue weighted by molar-refractivity contribution is -0.0177. The fraction of sp³-hybridized carbons (Fsp3) is 0.538. The molecule has 94 valence electrons. The van der Waals surface area contributed by atoms with E-state index < -0.39 is 0 Å². The van der Waals surface area contributed by atoms with Gasteiger partial charge in [0.2, 0.25) is 0 Å². The highest BCUT2D eigenvalue weighted by molar-refractivity contribution is 5.52. The molecular weight excluding hydrogens is 220 g/mol. The first-order valence-corrected chi connectivity index (χ1v) is 5.62. The van der Waals surface area contributed by atoms with Crippen LogP contribution in [0.5, 0.6) is 11.5 Å². The predicted molar refractivity (Wildman–Crippen MR) is 63.4 cm³/mol. The van der Waals surface area contributed by atoms with Crippen LogP contribution in [-0.2, 0) is 16.8 Å². The van der Waals surface area contributed by atoms with Crippen molar-refractivity contribution in [2.24, 2.45) is 0 Å². The largest absolute Gasteiger partial charge is 0.496 e. The fourth-order valence-corrected chi connectivity index (χ4v) is 2.13. The molecule has 4 nitrogen and oxygen atoms in total. The molecule has 0 saturated carbocycles. The molecule has 1 aliphatic heterocycles. The molecule has 0 fully saturated rings. The van der Waals surface area contributed by atoms with Crippen molar-refractivity contribution in [3.05, 3.63) is 23.3 Å². The Morgan fingerprint density at radius 1 is 1.41 bits per heavy atom. The summed E-state index contributed by atoms with van der Waals surface area (Å²) in [7, 11) is 1.63. The summed E-state index contributed by atoms with van der Waals surface area (Å²) >= 11 is 0. The van der Waals surface area contributed by atoms with E-state index in [1.165, 1.54) is 0 Å². The van der Waals surface area contributed by atoms with Crippen LogP contribution in [0, 0.1) is 0 Å². The van der Waals surface area contributed by atoms with Crippen molar-refractivity contribution < 1.29 is 19.3 Å². The topological polar surface area (TPSA) is 47.9 Å². The van der Waals surface area contributed by atoms with Gasteiger partial charge >= 0.3 is 0 Å². The Kier molecular flexibility index (Phi) is 3.26. The average molecular weight is 238 g/mol. The number of aliphatic hydroxyl groups is 1. The van der Waals surface area contributed by atoms with Gasteiger partial charge < -0.3 is 19.3 Å². The van der Waals surface area contributed by atoms with Crippen LogP contribution in [0.15, 0.2) is 12.1 Å². The van der Waals surface area contributed by atoms with Gasteiger partial charge in [-0.3, -0.25) is 0 Å². The third kappa shape index (κ3) is 2.10. The number of methoxy groups -OCH3 is 1. The standard InChI is InChI=1S/C13H18O4/c1-13(2,7-14)12-9-6-16-8-17-10(9)4-5-11(12)15-3/h4-5,14H,6-8H2,1-3H3. The Labute approximate surface area is 101 Å². The zero-order valence-corrected chi connectivity index (χ0v) is 10.4. The first-order chi connectivity index (χ1) is 8.10. The summed E-state index contributed by atoms with van der Waals surface area (Å²) in [6, 6.07) is 3.75. The van der Waals surface area contributed by atoms with Crippen LogP contribution in [0.25, 0.3) is 0 Å². The van der Waals surface area contributed by atoms with E-state index in [2.05, 4.69) is 0 Å². The second-order valence-corrected chi connectivity index (χ2v) is 4.77. The summed E-state index contributed by atoms with van der Waals surface area (Å²) in [6.07, 6.45) is 0. The number of rotatable bonds is 3. The fourth-order valence-electron chi connectivity index (χ4n) is 2.13. The molecule has 0 aliphatic carbocycles. The maximum absolute atomic E-state index is 9.53. The SMILES string of the molecule is COc1ccc2c(c1C(C)(C)CO)COCO2. The zero-order valence-electron chi connectivity index (χ0n) is 10.4. The normalized spacial score (nSPS) is 15.1. The molecule has 0 amide bonds. The predicted octanol–water partition coefficient (Wildman–Crippen LogP) is 1.83. The van der Waals surface area contributed by atoms with Gasteiger partial charge in [0, 0.05) is 16.5 Å². The van der Waals surface area contributed by atoms with E-state index in [9.17, 15) is 5.11 Å². The second kappa shape index (κ2) is 4.55. The summed E-state index contributed by atoms with van der Waals surface area (Å²) in [5.41, 5.74) is 1.54. The molecule has 0 bridgehead atoms. The average Bonchev–Trinajstić information content (AvgIpc) is 2.37. The molecular formula is C13H18O4. The minimum Gasteiger partial charge on any atom is -0.496 e. The van der Waals surface area contributed by atoms with Crippen LogP contribution in [0.2, 0.25) is 0 Å². The van der Waals surface area contributed by atoms with Gasteiger partial charge in [-0.1, -0.05) is 13.8 Å². The van der Waals surface area contributed by atoms with Crippen molar-refractivity contribution in [1.29, 1.82) is 0 Å². The molecule has 0 aromatic heterocycles. The first-order valence-electron chi connectivity index (χ1n) is 5.62. The van der Waals surface area contributed by atoms with Crippen LogP contribution >= 0.6 is 0 Å². The van der Waals surface area contributed by atoms with E-state index in [1.807, 2.05) is 26.0 Å². The van der Waals surface area contributed by atoms with Crippen LogP contribution in [0.3, 0.4) is 0 Å². The molecule has 0 spiro atoms. The number of fused-ring (bicyclic) bond motifs is 1. The monoisotopic (exact) mass is 238 g/mol. The maximum atomic E-state index is 9.53. The third-order valence-electron chi connectivity index (χ3n) is 3.07. The summed E-state index contributed by atoms with van der Waals surface area (Å²) in [6.45, 7) is 4.75. The molecule has 1 aromatic carbocycles. The lowest BCUT2D eigenvalue weighted by Gasteiger charge is -2.30. The lowest BCUT2D eigenvalue weighted by atomic mass is 9.81. The van der Waals surface area contributed by atoms with Crippen LogP contribution in [0.1, 0.15) is 25.0 Å². The van der Waals surface area contributed by atoms with Gasteiger partial charge in [-0.15, -0.1) is 0 Å². The van der Waals surface area contributed by atoms with E-state index in [0.717, 1.165) is 22.6 Å². The van der Waals surface area contributed by atoms with Gasteiger partial charge in [0.25, 0.3) is 0 Å². The van der Waals surface area contributed by atoms with Crippen molar-refractivity contribution in [1.82, 2.24) is 0 Å². The van der Waals surface area contributed by atoms with Crippen LogP contribution < -0.4 is 9.47 Å². The number of hydrogen-bond donors (Lipinski definition) is 1. The number of ether oxygens (including phenoxy) is 3. The Balaban J connectivity index is 2.60. The van der Waals surface area contributed by atoms with Gasteiger partial charge in [-0.05, 0) is 12.1 Å². The summed E-state index contributed by atoms with van der Waals surface area (Å²) in [5.74, 6) is 1.57. The Morgan fingerprint density at radius 3 is 2.82 bits per heavy atom. The maximum Gasteiger partial charge on any atom is 0.189 e. The highest BCUT2D eigenvalue weighted by Gasteiger charge is 2.30. The van der Waals surface area contributed by atoms with Crippen molar-refractivity contribution in [3.8, 4) is 11.5 Å². The number of aliphatic hydroxyl groups excluding tert-OH is 1. The van der Waals surface area contributed by atoms with Gasteiger partial charge in [-0.2, -0.15) is 0 Å². The zero-order chi connectivity index (χ0) is 12.5. The molecule has 0 atom stereocenters. The summed E-state index contributed by atoms with van der Waals surface area (Å²) in [4.78, 5) is 0. The van der Waals surface area contributed by atoms with E-state index in [-0.39, 0.29) is 18.8 Å². The Hall–Kier alpha value is -1.26. The molecule has 0 unspecified atom stereocenters. The van der Waals surface area contributed by atoms with Crippen molar-refractivity contribution in [3.63, 3.8) is 0 Å². The molecule has 1 aromatic rings. The van der Waals surface area contributed by atoms with Crippen molar-refractivity contribution in [2.45, 2.75) is 25.9 Å². The van der Waals surface area contributed by atoms with Gasteiger partial charge in [-0.25, -0.2) is 0 Å². The smallest absolute Gasteiger partial charge is 0.189 e. The molecule has 17 heavy (non-hydrogen) atoms. The molecule has 0 radical (unpaired) electrons. The van der Waals surface area contributed by atoms with Crippen LogP contribution in [0.4, 0.5) is 0 Å². The molecule has 2 rings (SSSR count). The quantitative estimate of drug-likeness (QED) is 0.872. The number of hydrogen-bond acceptors (Lipinski definition) is 4. The van der Waals surface area contributed by atoms with Crippen molar-refractivity contribution in [2.75, 3.05) is 20.5 Å². The third-order valence-corrected chi connectivity index (χ3v) is 3.07. The first kappa shape index (κ1) is 12.2. The Bertz CT molecular complexity index is 412. The molecule has 4 heteroatoms. The van der Waals surface area contributed by atoms with E-state index in [1.54, 1.807) is 7.11 Å². The minimum absolute atomic E-state index is 0.0415. The van der Waals surface area contributed by atoms with E-state index in [4.69, 9.17) is 14.2 Å². The number of benzene rings is 1. The van der Waals surface area contributed by atoms with E-state index >= 15 is 0 Å². The van der Waals surface area contributed by atoms with Gasteiger partial charge in [0.1, 0.15) is 11.5 Å². The molecule has 1 heterocycles.